The molecule has 0 aliphatic heterocycles. The number of ether oxygens (including phenoxy) is 2. The van der Waals surface area contributed by atoms with Crippen LogP contribution >= 0.6 is 0 Å². The summed E-state index contributed by atoms with van der Waals surface area (Å²) in [5, 5.41) is 2.67. The number of methoxy groups -OCH3 is 1. The summed E-state index contributed by atoms with van der Waals surface area (Å²) in [6.45, 7) is 7.59. The molecule has 0 fully saturated rings. The molecule has 0 saturated heterocycles. The van der Waals surface area contributed by atoms with E-state index in [4.69, 9.17) is 9.47 Å². The Morgan fingerprint density at radius 3 is 2.32 bits per heavy atom. The van der Waals surface area contributed by atoms with Crippen LogP contribution in [0, 0.1) is 13.8 Å². The third-order valence-electron chi connectivity index (χ3n) is 3.93. The summed E-state index contributed by atoms with van der Waals surface area (Å²) in [7, 11) is 1.57. The van der Waals surface area contributed by atoms with E-state index < -0.39 is 11.9 Å². The van der Waals surface area contributed by atoms with Crippen molar-refractivity contribution in [2.24, 2.45) is 0 Å². The Morgan fingerprint density at radius 1 is 1.16 bits per heavy atom. The number of carbonyl (C=O) groups excluding carboxylic acids is 2. The van der Waals surface area contributed by atoms with Crippen LogP contribution in [0.4, 0.5) is 5.69 Å². The van der Waals surface area contributed by atoms with Crippen LogP contribution in [-0.4, -0.2) is 30.2 Å². The fourth-order valence-corrected chi connectivity index (χ4v) is 2.86. The molecule has 0 unspecified atom stereocenters. The fourth-order valence-electron chi connectivity index (χ4n) is 2.86. The molecular weight excluding hydrogens is 320 g/mol. The first-order valence-corrected chi connectivity index (χ1v) is 8.13. The van der Waals surface area contributed by atoms with Crippen molar-refractivity contribution in [3.8, 4) is 5.75 Å². The lowest BCUT2D eigenvalue weighted by Crippen LogP contribution is -2.21. The minimum atomic E-state index is -0.495. The summed E-state index contributed by atoms with van der Waals surface area (Å²) >= 11 is 0. The van der Waals surface area contributed by atoms with Crippen LogP contribution in [0.3, 0.4) is 0 Å². The van der Waals surface area contributed by atoms with E-state index in [1.165, 1.54) is 0 Å². The maximum absolute atomic E-state index is 12.3. The van der Waals surface area contributed by atoms with Crippen molar-refractivity contribution in [3.63, 3.8) is 0 Å². The number of aryl methyl sites for hydroxylation is 1. The van der Waals surface area contributed by atoms with E-state index in [1.54, 1.807) is 37.4 Å². The number of hydrogen-bond acceptors (Lipinski definition) is 4. The van der Waals surface area contributed by atoms with E-state index in [1.807, 2.05) is 13.8 Å². The van der Waals surface area contributed by atoms with E-state index in [9.17, 15) is 9.59 Å². The molecule has 6 heteroatoms. The van der Waals surface area contributed by atoms with Crippen LogP contribution in [0.25, 0.3) is 0 Å². The predicted molar refractivity (Wildman–Crippen MR) is 96.2 cm³/mol. The number of anilines is 1. The van der Waals surface area contributed by atoms with E-state index in [0.29, 0.717) is 17.0 Å². The normalized spacial score (nSPS) is 10.6. The number of nitrogens with one attached hydrogen (secondary N) is 1. The van der Waals surface area contributed by atoms with Gasteiger partial charge >= 0.3 is 5.97 Å². The Hall–Kier alpha value is -2.76. The van der Waals surface area contributed by atoms with Crippen LogP contribution < -0.4 is 10.1 Å². The van der Waals surface area contributed by atoms with Gasteiger partial charge in [0.2, 0.25) is 0 Å². The SMILES string of the molecule is COc1ccc(NC(=O)COC(=O)c2cc(C)n(C(C)C)c2C)cc1. The van der Waals surface area contributed by atoms with Gasteiger partial charge in [-0.05, 0) is 58.0 Å². The Morgan fingerprint density at radius 2 is 1.80 bits per heavy atom. The Kier molecular flexibility index (Phi) is 5.85. The minimum Gasteiger partial charge on any atom is -0.497 e. The lowest BCUT2D eigenvalue weighted by atomic mass is 10.2. The molecule has 0 radical (unpaired) electrons. The molecule has 1 amide bonds. The van der Waals surface area contributed by atoms with Crippen LogP contribution in [0.1, 0.15) is 41.6 Å². The zero-order valence-electron chi connectivity index (χ0n) is 15.3. The number of aromatic nitrogens is 1. The van der Waals surface area contributed by atoms with Gasteiger partial charge in [0.25, 0.3) is 5.91 Å². The summed E-state index contributed by atoms with van der Waals surface area (Å²) in [5.41, 5.74) is 2.93. The van der Waals surface area contributed by atoms with Gasteiger partial charge in [-0.1, -0.05) is 0 Å². The van der Waals surface area contributed by atoms with Gasteiger partial charge in [0.1, 0.15) is 5.75 Å². The molecule has 2 aromatic rings. The monoisotopic (exact) mass is 344 g/mol. The van der Waals surface area contributed by atoms with E-state index >= 15 is 0 Å². The molecule has 134 valence electrons. The summed E-state index contributed by atoms with van der Waals surface area (Å²) < 4.78 is 12.3. The number of rotatable bonds is 6. The maximum Gasteiger partial charge on any atom is 0.340 e. The third kappa shape index (κ3) is 4.41. The van der Waals surface area contributed by atoms with Gasteiger partial charge in [0.15, 0.2) is 6.61 Å². The minimum absolute atomic E-state index is 0.250. The first kappa shape index (κ1) is 18.6. The molecule has 1 aromatic carbocycles. The predicted octanol–water partition coefficient (Wildman–Crippen LogP) is 3.49. The molecular formula is C19H24N2O4. The summed E-state index contributed by atoms with van der Waals surface area (Å²) in [6.07, 6.45) is 0. The van der Waals surface area contributed by atoms with Gasteiger partial charge in [0.05, 0.1) is 12.7 Å². The van der Waals surface area contributed by atoms with E-state index in [2.05, 4.69) is 23.7 Å². The second kappa shape index (κ2) is 7.88. The van der Waals surface area contributed by atoms with E-state index in [0.717, 1.165) is 11.4 Å². The van der Waals surface area contributed by atoms with Crippen LogP contribution in [0.5, 0.6) is 5.75 Å². The average molecular weight is 344 g/mol. The van der Waals surface area contributed by atoms with Crippen molar-refractivity contribution in [2.45, 2.75) is 33.7 Å². The van der Waals surface area contributed by atoms with Gasteiger partial charge in [-0.3, -0.25) is 4.79 Å². The molecule has 6 nitrogen and oxygen atoms in total. The standard InChI is InChI=1S/C19H24N2O4/c1-12(2)21-13(3)10-17(14(21)4)19(23)25-11-18(22)20-15-6-8-16(24-5)9-7-15/h6-10,12H,11H2,1-5H3,(H,20,22). The molecule has 0 atom stereocenters. The molecule has 1 N–H and O–H groups in total. The zero-order valence-corrected chi connectivity index (χ0v) is 15.3. The van der Waals surface area contributed by atoms with Crippen molar-refractivity contribution in [1.82, 2.24) is 4.57 Å². The molecule has 1 heterocycles. The summed E-state index contributed by atoms with van der Waals surface area (Å²) in [5.74, 6) is -0.189. The van der Waals surface area contributed by atoms with Gasteiger partial charge in [-0.25, -0.2) is 4.79 Å². The molecule has 25 heavy (non-hydrogen) atoms. The summed E-state index contributed by atoms with van der Waals surface area (Å²) in [6, 6.07) is 8.95. The molecule has 2 rings (SSSR count). The first-order valence-electron chi connectivity index (χ1n) is 8.13. The highest BCUT2D eigenvalue weighted by atomic mass is 16.5. The fraction of sp³-hybridized carbons (Fsp3) is 0.368. The highest BCUT2D eigenvalue weighted by Gasteiger charge is 2.19. The van der Waals surface area contributed by atoms with Crippen molar-refractivity contribution in [1.29, 1.82) is 0 Å². The number of esters is 1. The van der Waals surface area contributed by atoms with Gasteiger partial charge in [0, 0.05) is 23.1 Å². The van der Waals surface area contributed by atoms with Crippen molar-refractivity contribution in [2.75, 3.05) is 19.0 Å². The maximum atomic E-state index is 12.3. The first-order chi connectivity index (χ1) is 11.8. The quantitative estimate of drug-likeness (QED) is 0.815. The van der Waals surface area contributed by atoms with E-state index in [-0.39, 0.29) is 12.6 Å². The Bertz CT molecular complexity index is 760. The summed E-state index contributed by atoms with van der Waals surface area (Å²) in [4.78, 5) is 24.2. The second-order valence-corrected chi connectivity index (χ2v) is 6.10. The van der Waals surface area contributed by atoms with Crippen LogP contribution in [0.15, 0.2) is 30.3 Å². The molecule has 0 saturated carbocycles. The smallest absolute Gasteiger partial charge is 0.340 e. The topological polar surface area (TPSA) is 69.6 Å². The van der Waals surface area contributed by atoms with Crippen molar-refractivity contribution < 1.29 is 19.1 Å². The Balaban J connectivity index is 1.95. The molecule has 0 aliphatic rings. The Labute approximate surface area is 147 Å². The van der Waals surface area contributed by atoms with Gasteiger partial charge in [-0.2, -0.15) is 0 Å². The van der Waals surface area contributed by atoms with Crippen molar-refractivity contribution in [3.05, 3.63) is 47.3 Å². The number of benzene rings is 1. The second-order valence-electron chi connectivity index (χ2n) is 6.10. The molecule has 0 aliphatic carbocycles. The number of carbonyl (C=O) groups is 2. The lowest BCUT2D eigenvalue weighted by Gasteiger charge is -2.13. The lowest BCUT2D eigenvalue weighted by molar-refractivity contribution is -0.119. The molecule has 1 aromatic heterocycles. The third-order valence-corrected chi connectivity index (χ3v) is 3.93. The highest BCUT2D eigenvalue weighted by Crippen LogP contribution is 2.21. The molecule has 0 spiro atoms. The zero-order chi connectivity index (χ0) is 18.6. The number of hydrogen-bond donors (Lipinski definition) is 1. The van der Waals surface area contributed by atoms with Crippen LogP contribution in [0.2, 0.25) is 0 Å². The number of amides is 1. The van der Waals surface area contributed by atoms with Crippen LogP contribution in [-0.2, 0) is 9.53 Å². The number of nitrogens with zero attached hydrogens (tertiary/aromatic N) is 1. The van der Waals surface area contributed by atoms with Gasteiger partial charge < -0.3 is 19.4 Å². The van der Waals surface area contributed by atoms with Gasteiger partial charge in [-0.15, -0.1) is 0 Å². The van der Waals surface area contributed by atoms with Crippen molar-refractivity contribution >= 4 is 17.6 Å². The average Bonchev–Trinajstić information content (AvgIpc) is 2.88. The molecule has 0 bridgehead atoms. The highest BCUT2D eigenvalue weighted by molar-refractivity contribution is 5.96. The largest absolute Gasteiger partial charge is 0.497 e.